The van der Waals surface area contributed by atoms with Gasteiger partial charge in [0.1, 0.15) is 0 Å². The minimum atomic E-state index is -3.67. The van der Waals surface area contributed by atoms with Crippen LogP contribution in [-0.2, 0) is 20.0 Å². The minimum absolute atomic E-state index is 0.0998. The second-order valence-corrected chi connectivity index (χ2v) is 22.2. The van der Waals surface area contributed by atoms with Crippen molar-refractivity contribution in [3.8, 4) is 22.5 Å². The largest absolute Gasteiger partial charge is 0.345 e. The number of aromatic nitrogens is 2. The van der Waals surface area contributed by atoms with Crippen molar-refractivity contribution in [1.29, 1.82) is 0 Å². The van der Waals surface area contributed by atoms with Crippen LogP contribution in [0.1, 0.15) is 11.1 Å². The van der Waals surface area contributed by atoms with Crippen molar-refractivity contribution >= 4 is 123 Å². The number of hydrogen-bond acceptors (Lipinski definition) is 10. The fraction of sp³-hybridized carbons (Fsp3) is 0.250. The van der Waals surface area contributed by atoms with Crippen LogP contribution in [-0.4, -0.2) is 87.8 Å². The van der Waals surface area contributed by atoms with Gasteiger partial charge < -0.3 is 9.80 Å². The predicted octanol–water partition coefficient (Wildman–Crippen LogP) is 11.2. The van der Waals surface area contributed by atoms with E-state index in [0.717, 1.165) is 32.8 Å². The van der Waals surface area contributed by atoms with E-state index in [1.54, 1.807) is 17.4 Å². The average Bonchev–Trinajstić information content (AvgIpc) is 3.89. The fourth-order valence-electron chi connectivity index (χ4n) is 6.80. The lowest BCUT2D eigenvalue weighted by Gasteiger charge is -2.33. The van der Waals surface area contributed by atoms with Crippen molar-refractivity contribution in [2.75, 3.05) is 62.2 Å². The standard InChI is InChI=1S/C21H21Cl2N3O2S2.C19H15Cl4N3O2S2/c1-14-7-15(2)9-16(8-14)20-13-29-21(24-20)25-3-5-26(6-4-25)30(27,28)19-11-17(22)10-18(23)12-19;20-13-5-12(6-14(21)7-13)18-11-29-19(24-18)25-1-3-26(4-2-25)30(27,28)17-9-15(22)8-16(23)10-17/h7-13H,3-6H2,1-2H3;5-11H,1-4H2. The summed E-state index contributed by atoms with van der Waals surface area (Å²) in [6, 6.07) is 20.4. The predicted molar refractivity (Wildman–Crippen MR) is 249 cm³/mol. The molecular formula is C40H36Cl6N6O4S4. The Morgan fingerprint density at radius 1 is 0.450 bits per heavy atom. The van der Waals surface area contributed by atoms with Gasteiger partial charge in [-0.25, -0.2) is 26.8 Å². The number of sulfonamides is 2. The Balaban J connectivity index is 0.000000181. The van der Waals surface area contributed by atoms with Crippen LogP contribution in [0.4, 0.5) is 10.3 Å². The van der Waals surface area contributed by atoms with E-state index in [9.17, 15) is 16.8 Å². The molecule has 2 saturated heterocycles. The molecule has 2 aliphatic rings. The zero-order valence-corrected chi connectivity index (χ0v) is 39.8. The number of rotatable bonds is 8. The number of benzene rings is 4. The van der Waals surface area contributed by atoms with E-state index < -0.39 is 20.0 Å². The van der Waals surface area contributed by atoms with Gasteiger partial charge in [-0.3, -0.25) is 0 Å². The third kappa shape index (κ3) is 10.7. The van der Waals surface area contributed by atoms with E-state index in [1.807, 2.05) is 17.5 Å². The van der Waals surface area contributed by atoms with Gasteiger partial charge in [0.2, 0.25) is 20.0 Å². The molecule has 0 unspecified atom stereocenters. The number of hydrogen-bond donors (Lipinski definition) is 0. The van der Waals surface area contributed by atoms with E-state index in [1.165, 1.54) is 67.5 Å². The van der Waals surface area contributed by atoms with Crippen LogP contribution in [0, 0.1) is 13.8 Å². The monoisotopic (exact) mass is 1000 g/mol. The lowest BCUT2D eigenvalue weighted by Crippen LogP contribution is -2.48. The summed E-state index contributed by atoms with van der Waals surface area (Å²) in [6.07, 6.45) is 0. The SMILES string of the molecule is Cc1cc(C)cc(-c2csc(N3CCN(S(=O)(=O)c4cc(Cl)cc(Cl)c4)CC3)n2)c1.O=S(=O)(c1cc(Cl)cc(Cl)c1)N1CCN(c2nc(-c3cc(Cl)cc(Cl)c3)cs2)CC1. The van der Waals surface area contributed by atoms with E-state index >= 15 is 0 Å². The summed E-state index contributed by atoms with van der Waals surface area (Å²) in [5.41, 5.74) is 6.09. The second kappa shape index (κ2) is 19.0. The van der Waals surface area contributed by atoms with Gasteiger partial charge in [0.15, 0.2) is 10.3 Å². The first-order valence-electron chi connectivity index (χ1n) is 18.3. The quantitative estimate of drug-likeness (QED) is 0.148. The molecule has 10 nitrogen and oxygen atoms in total. The Kier molecular flexibility index (Phi) is 14.3. The van der Waals surface area contributed by atoms with Gasteiger partial charge in [0.25, 0.3) is 0 Å². The highest BCUT2D eigenvalue weighted by atomic mass is 35.5. The molecule has 0 aliphatic carbocycles. The molecule has 8 rings (SSSR count). The molecule has 0 atom stereocenters. The Hall–Kier alpha value is -2.70. The molecule has 2 fully saturated rings. The van der Waals surface area contributed by atoms with Gasteiger partial charge in [0, 0.05) is 104 Å². The minimum Gasteiger partial charge on any atom is -0.345 e. The number of piperazine rings is 2. The first-order chi connectivity index (χ1) is 28.4. The van der Waals surface area contributed by atoms with Crippen LogP contribution in [0.2, 0.25) is 30.1 Å². The third-order valence-electron chi connectivity index (χ3n) is 9.63. The highest BCUT2D eigenvalue weighted by molar-refractivity contribution is 7.89. The Bertz CT molecular complexity index is 2490. The van der Waals surface area contributed by atoms with E-state index in [2.05, 4.69) is 52.2 Å². The molecule has 4 heterocycles. The number of thiazole rings is 2. The zero-order chi connectivity index (χ0) is 42.9. The van der Waals surface area contributed by atoms with Gasteiger partial charge in [-0.15, -0.1) is 22.7 Å². The van der Waals surface area contributed by atoms with Crippen molar-refractivity contribution in [3.63, 3.8) is 0 Å². The second-order valence-electron chi connectivity index (χ2n) is 14.1. The highest BCUT2D eigenvalue weighted by Crippen LogP contribution is 2.34. The fourth-order valence-corrected chi connectivity index (χ4v) is 13.4. The van der Waals surface area contributed by atoms with Gasteiger partial charge >= 0.3 is 0 Å². The Morgan fingerprint density at radius 2 is 0.767 bits per heavy atom. The number of aryl methyl sites for hydroxylation is 2. The summed E-state index contributed by atoms with van der Waals surface area (Å²) in [5, 5.41) is 8.01. The maximum absolute atomic E-state index is 13.0. The summed E-state index contributed by atoms with van der Waals surface area (Å²) in [4.78, 5) is 13.9. The number of nitrogens with zero attached hydrogens (tertiary/aromatic N) is 6. The first-order valence-corrected chi connectivity index (χ1v) is 25.2. The van der Waals surface area contributed by atoms with Gasteiger partial charge in [0.05, 0.1) is 21.2 Å². The molecule has 2 aromatic heterocycles. The summed E-state index contributed by atoms with van der Waals surface area (Å²) >= 11 is 39.2. The molecule has 0 spiro atoms. The van der Waals surface area contributed by atoms with Crippen molar-refractivity contribution < 1.29 is 16.8 Å². The normalized spacial score (nSPS) is 15.5. The molecule has 0 amide bonds. The summed E-state index contributed by atoms with van der Waals surface area (Å²) in [5.74, 6) is 0. The third-order valence-corrected chi connectivity index (χ3v) is 16.5. The maximum atomic E-state index is 13.0. The smallest absolute Gasteiger partial charge is 0.243 e. The molecular weight excluding hydrogens is 969 g/mol. The van der Waals surface area contributed by atoms with Gasteiger partial charge in [-0.1, -0.05) is 86.8 Å². The van der Waals surface area contributed by atoms with Gasteiger partial charge in [-0.2, -0.15) is 8.61 Å². The number of anilines is 2. The van der Waals surface area contributed by atoms with Crippen LogP contribution in [0.25, 0.3) is 22.5 Å². The number of halogens is 6. The van der Waals surface area contributed by atoms with Crippen molar-refractivity contribution in [2.24, 2.45) is 0 Å². The lowest BCUT2D eigenvalue weighted by molar-refractivity contribution is 0.384. The van der Waals surface area contributed by atoms with E-state index in [4.69, 9.17) is 74.6 Å². The zero-order valence-electron chi connectivity index (χ0n) is 32.0. The molecule has 4 aromatic carbocycles. The molecule has 20 heteroatoms. The lowest BCUT2D eigenvalue weighted by atomic mass is 10.1. The maximum Gasteiger partial charge on any atom is 0.243 e. The Morgan fingerprint density at radius 3 is 1.12 bits per heavy atom. The van der Waals surface area contributed by atoms with Crippen molar-refractivity contribution in [2.45, 2.75) is 23.6 Å². The Labute approximate surface area is 387 Å². The van der Waals surface area contributed by atoms with Crippen LogP contribution >= 0.6 is 92.3 Å². The molecule has 0 saturated carbocycles. The van der Waals surface area contributed by atoms with Crippen molar-refractivity contribution in [3.05, 3.63) is 125 Å². The van der Waals surface area contributed by atoms with Crippen LogP contribution in [0.5, 0.6) is 0 Å². The van der Waals surface area contributed by atoms with Crippen LogP contribution in [0.15, 0.2) is 93.3 Å². The summed E-state index contributed by atoms with van der Waals surface area (Å²) in [7, 11) is -7.31. The topological polar surface area (TPSA) is 107 Å². The molecule has 0 radical (unpaired) electrons. The highest BCUT2D eigenvalue weighted by Gasteiger charge is 2.31. The molecule has 2 aliphatic heterocycles. The average molecular weight is 1010 g/mol. The van der Waals surface area contributed by atoms with Crippen LogP contribution < -0.4 is 9.80 Å². The van der Waals surface area contributed by atoms with Gasteiger partial charge in [-0.05, 0) is 80.6 Å². The molecule has 60 heavy (non-hydrogen) atoms. The van der Waals surface area contributed by atoms with Crippen LogP contribution in [0.3, 0.4) is 0 Å². The van der Waals surface area contributed by atoms with E-state index in [-0.39, 0.29) is 19.8 Å². The summed E-state index contributed by atoms with van der Waals surface area (Å²) in [6.45, 7) is 7.80. The summed E-state index contributed by atoms with van der Waals surface area (Å²) < 4.78 is 54.7. The molecule has 316 valence electrons. The molecule has 6 aromatic rings. The molecule has 0 bridgehead atoms. The van der Waals surface area contributed by atoms with Crippen molar-refractivity contribution in [1.82, 2.24) is 18.6 Å². The first kappa shape index (κ1) is 45.3. The molecule has 0 N–H and O–H groups in total. The van der Waals surface area contributed by atoms with E-state index in [0.29, 0.717) is 72.4 Å².